The first kappa shape index (κ1) is 17.6. The Morgan fingerprint density at radius 2 is 1.79 bits per heavy atom. The average Bonchev–Trinajstić information content (AvgIpc) is 2.11. The number of carbonyl (C=O) groups is 3. The van der Waals surface area contributed by atoms with Gasteiger partial charge >= 0.3 is 5.97 Å². The highest BCUT2D eigenvalue weighted by molar-refractivity contribution is 7.85. The predicted octanol–water partition coefficient (Wildman–Crippen LogP) is -0.761. The van der Waals surface area contributed by atoms with Crippen LogP contribution in [0.15, 0.2) is 0 Å². The van der Waals surface area contributed by atoms with E-state index in [1.165, 1.54) is 6.92 Å². The summed E-state index contributed by atoms with van der Waals surface area (Å²) >= 11 is 0. The van der Waals surface area contributed by atoms with Crippen molar-refractivity contribution in [1.29, 1.82) is 0 Å². The first-order chi connectivity index (χ1) is 8.51. The van der Waals surface area contributed by atoms with Crippen LogP contribution >= 0.6 is 0 Å². The van der Waals surface area contributed by atoms with Gasteiger partial charge in [-0.3, -0.25) is 13.8 Å². The number of hydrogen-bond acceptors (Lipinski definition) is 4. The highest BCUT2D eigenvalue weighted by Gasteiger charge is 2.23. The second-order valence-electron chi connectivity index (χ2n) is 5.14. The van der Waals surface area contributed by atoms with Crippen LogP contribution in [-0.4, -0.2) is 50.2 Å². The van der Waals surface area contributed by atoms with Gasteiger partial charge in [-0.25, -0.2) is 4.79 Å². The lowest BCUT2D eigenvalue weighted by molar-refractivity contribution is -0.140. The maximum absolute atomic E-state index is 11.7. The van der Waals surface area contributed by atoms with Crippen LogP contribution in [0, 0.1) is 0 Å². The molecule has 0 aromatic rings. The summed E-state index contributed by atoms with van der Waals surface area (Å²) in [5.74, 6) is -2.81. The van der Waals surface area contributed by atoms with Crippen LogP contribution < -0.4 is 10.6 Å². The molecule has 0 radical (unpaired) electrons. The third-order valence-corrected chi connectivity index (χ3v) is 3.12. The number of carbonyl (C=O) groups excluding carboxylic acids is 2. The molecule has 8 heteroatoms. The first-order valence-electron chi connectivity index (χ1n) is 5.67. The molecule has 0 aromatic heterocycles. The van der Waals surface area contributed by atoms with Crippen LogP contribution in [0.1, 0.15) is 27.7 Å². The van der Waals surface area contributed by atoms with Gasteiger partial charge in [0.15, 0.2) is 0 Å². The quantitative estimate of drug-likeness (QED) is 0.595. The molecule has 0 aromatic carbocycles. The summed E-state index contributed by atoms with van der Waals surface area (Å²) in [4.78, 5) is 33.1. The van der Waals surface area contributed by atoms with E-state index in [9.17, 15) is 18.6 Å². The van der Waals surface area contributed by atoms with Gasteiger partial charge in [0, 0.05) is 23.3 Å². The molecule has 0 saturated heterocycles. The molecule has 2 amide bonds. The highest BCUT2D eigenvalue weighted by atomic mass is 32.2. The molecule has 0 aliphatic rings. The number of hydrogen-bond donors (Lipinski definition) is 3. The van der Waals surface area contributed by atoms with Crippen molar-refractivity contribution in [2.45, 2.75) is 39.3 Å². The molecule has 0 rings (SSSR count). The van der Waals surface area contributed by atoms with Gasteiger partial charge in [-0.1, -0.05) is 0 Å². The summed E-state index contributed by atoms with van der Waals surface area (Å²) in [6, 6.07) is -1.25. The molecule has 7 nitrogen and oxygen atoms in total. The number of carboxylic acid groups (broad SMARTS) is 1. The number of rotatable bonds is 6. The largest absolute Gasteiger partial charge is 0.480 e. The second-order valence-corrected chi connectivity index (χ2v) is 6.64. The molecular weight excluding hydrogens is 272 g/mol. The molecule has 2 atom stereocenters. The molecule has 110 valence electrons. The van der Waals surface area contributed by atoms with Crippen LogP contribution in [-0.2, 0) is 25.2 Å². The summed E-state index contributed by atoms with van der Waals surface area (Å²) in [6.45, 7) is 6.52. The van der Waals surface area contributed by atoms with Crippen LogP contribution in [0.2, 0.25) is 0 Å². The number of nitrogens with one attached hydrogen (secondary N) is 2. The topological polar surface area (TPSA) is 113 Å². The zero-order chi connectivity index (χ0) is 15.2. The molecule has 0 heterocycles. The van der Waals surface area contributed by atoms with Crippen molar-refractivity contribution < 1.29 is 23.7 Å². The summed E-state index contributed by atoms with van der Waals surface area (Å²) in [5, 5.41) is 13.6. The van der Waals surface area contributed by atoms with Crippen LogP contribution in [0.5, 0.6) is 0 Å². The van der Waals surface area contributed by atoms with Gasteiger partial charge < -0.3 is 15.7 Å². The Morgan fingerprint density at radius 3 is 2.16 bits per heavy atom. The highest BCUT2D eigenvalue weighted by Crippen LogP contribution is 1.99. The fraction of sp³-hybridized carbons (Fsp3) is 0.727. The summed E-state index contributed by atoms with van der Waals surface area (Å²) in [7, 11) is -1.66. The van der Waals surface area contributed by atoms with Gasteiger partial charge in [-0.15, -0.1) is 0 Å². The molecule has 0 bridgehead atoms. The molecular formula is C11H20N2O5S. The summed E-state index contributed by atoms with van der Waals surface area (Å²) < 4.78 is 11.7. The van der Waals surface area contributed by atoms with E-state index in [1.807, 2.05) is 0 Å². The van der Waals surface area contributed by atoms with Crippen LogP contribution in [0.25, 0.3) is 0 Å². The zero-order valence-corrected chi connectivity index (χ0v) is 12.3. The van der Waals surface area contributed by atoms with E-state index in [-0.39, 0.29) is 11.5 Å². The minimum atomic E-state index is -1.66. The molecule has 0 spiro atoms. The fourth-order valence-electron chi connectivity index (χ4n) is 1.27. The number of amides is 2. The van der Waals surface area contributed by atoms with Crippen molar-refractivity contribution >= 4 is 28.6 Å². The molecule has 19 heavy (non-hydrogen) atoms. The van der Waals surface area contributed by atoms with Gasteiger partial charge in [0.05, 0.1) is 5.75 Å². The van der Waals surface area contributed by atoms with E-state index in [2.05, 4.69) is 10.6 Å². The third-order valence-electron chi connectivity index (χ3n) is 1.83. The number of carboxylic acids is 1. The van der Waals surface area contributed by atoms with Gasteiger partial charge in [-0.2, -0.15) is 0 Å². The third kappa shape index (κ3) is 9.18. The monoisotopic (exact) mass is 292 g/mol. The van der Waals surface area contributed by atoms with E-state index >= 15 is 0 Å². The van der Waals surface area contributed by atoms with E-state index in [1.54, 1.807) is 20.8 Å². The van der Waals surface area contributed by atoms with Gasteiger partial charge in [0.2, 0.25) is 11.8 Å². The minimum absolute atomic E-state index is 0.291. The molecule has 0 fully saturated rings. The van der Waals surface area contributed by atoms with Crippen molar-refractivity contribution in [1.82, 2.24) is 10.6 Å². The average molecular weight is 292 g/mol. The summed E-state index contributed by atoms with van der Waals surface area (Å²) in [5.41, 5.74) is -0.439. The van der Waals surface area contributed by atoms with Crippen molar-refractivity contribution in [2.75, 3.05) is 11.5 Å². The Morgan fingerprint density at radius 1 is 1.26 bits per heavy atom. The SMILES string of the molecule is CC(=O)N[C@@H](CS(=O)CC(=O)NC(C)(C)C)C(=O)O. The smallest absolute Gasteiger partial charge is 0.327 e. The van der Waals surface area contributed by atoms with Crippen molar-refractivity contribution in [2.24, 2.45) is 0 Å². The Hall–Kier alpha value is -1.44. The van der Waals surface area contributed by atoms with E-state index in [0.717, 1.165) is 0 Å². The lowest BCUT2D eigenvalue weighted by Crippen LogP contribution is -2.46. The van der Waals surface area contributed by atoms with E-state index < -0.39 is 40.2 Å². The lowest BCUT2D eigenvalue weighted by Gasteiger charge is -2.20. The zero-order valence-electron chi connectivity index (χ0n) is 11.5. The van der Waals surface area contributed by atoms with Crippen molar-refractivity contribution in [3.8, 4) is 0 Å². The van der Waals surface area contributed by atoms with Crippen LogP contribution in [0.3, 0.4) is 0 Å². The van der Waals surface area contributed by atoms with Crippen molar-refractivity contribution in [3.05, 3.63) is 0 Å². The van der Waals surface area contributed by atoms with Crippen LogP contribution in [0.4, 0.5) is 0 Å². The minimum Gasteiger partial charge on any atom is -0.480 e. The second kappa shape index (κ2) is 7.22. The molecule has 0 saturated carbocycles. The standard InChI is InChI=1S/C11H20N2O5S/c1-7(14)12-8(10(16)17)5-19(18)6-9(15)13-11(2,3)4/h8H,5-6H2,1-4H3,(H,12,14)(H,13,15)(H,16,17)/t8-,19?/m0/s1. The van der Waals surface area contributed by atoms with Gasteiger partial charge in [-0.05, 0) is 20.8 Å². The number of aliphatic carboxylic acids is 1. The first-order valence-corrected chi connectivity index (χ1v) is 7.16. The Kier molecular flexibility index (Phi) is 6.68. The Balaban J connectivity index is 4.39. The van der Waals surface area contributed by atoms with Gasteiger partial charge in [0.25, 0.3) is 0 Å². The molecule has 0 aliphatic heterocycles. The van der Waals surface area contributed by atoms with Gasteiger partial charge in [0.1, 0.15) is 11.8 Å². The fourth-order valence-corrected chi connectivity index (χ4v) is 2.35. The molecule has 3 N–H and O–H groups in total. The predicted molar refractivity (Wildman–Crippen MR) is 71.0 cm³/mol. The maximum Gasteiger partial charge on any atom is 0.327 e. The lowest BCUT2D eigenvalue weighted by atomic mass is 10.1. The normalized spacial score (nSPS) is 14.3. The summed E-state index contributed by atoms with van der Waals surface area (Å²) in [6.07, 6.45) is 0. The maximum atomic E-state index is 11.7. The Labute approximate surface area is 114 Å². The molecule has 0 aliphatic carbocycles. The Bertz CT molecular complexity index is 389. The molecule has 1 unspecified atom stereocenters. The van der Waals surface area contributed by atoms with E-state index in [4.69, 9.17) is 5.11 Å². The van der Waals surface area contributed by atoms with Crippen molar-refractivity contribution in [3.63, 3.8) is 0 Å². The van der Waals surface area contributed by atoms with E-state index in [0.29, 0.717) is 0 Å².